The van der Waals surface area contributed by atoms with Gasteiger partial charge < -0.3 is 8.83 Å². The molecule has 0 saturated carbocycles. The van der Waals surface area contributed by atoms with E-state index in [1.807, 2.05) is 6.07 Å². The minimum Gasteiger partial charge on any atom is -0.456 e. The van der Waals surface area contributed by atoms with Gasteiger partial charge in [-0.05, 0) is 51.6 Å². The Morgan fingerprint density at radius 3 is 1.66 bits per heavy atom. The normalized spacial score (nSPS) is 12.2. The summed E-state index contributed by atoms with van der Waals surface area (Å²) in [6.45, 7) is 0. The van der Waals surface area contributed by atoms with Crippen LogP contribution in [0.3, 0.4) is 0 Å². The van der Waals surface area contributed by atoms with Crippen molar-refractivity contribution >= 4 is 76.2 Å². The van der Waals surface area contributed by atoms with Crippen LogP contribution < -0.4 is 0 Å². The van der Waals surface area contributed by atoms with Crippen molar-refractivity contribution in [3.63, 3.8) is 0 Å². The van der Waals surface area contributed by atoms with Crippen molar-refractivity contribution in [3.8, 4) is 11.1 Å². The maximum atomic E-state index is 6.81. The van der Waals surface area contributed by atoms with Crippen molar-refractivity contribution in [1.82, 2.24) is 0 Å². The number of benzene rings is 7. The molecule has 0 aliphatic rings. The SMILES string of the molecule is c1ccc(-c2cc3c(oc4cccc5c4c3c3cccc4oc6ccccc6c5c43)c3ccccc23)cc1. The van der Waals surface area contributed by atoms with Gasteiger partial charge in [-0.15, -0.1) is 0 Å². The van der Waals surface area contributed by atoms with E-state index in [4.69, 9.17) is 8.83 Å². The van der Waals surface area contributed by atoms with Gasteiger partial charge in [-0.1, -0.05) is 97.1 Å². The molecule has 2 heteroatoms. The van der Waals surface area contributed by atoms with Crippen LogP contribution in [0.1, 0.15) is 0 Å². The molecule has 2 heterocycles. The summed E-state index contributed by atoms with van der Waals surface area (Å²) in [6, 6.07) is 42.7. The second-order valence-electron chi connectivity index (χ2n) is 10.0. The molecule has 9 rings (SSSR count). The Bertz CT molecular complexity index is 2390. The molecule has 0 amide bonds. The van der Waals surface area contributed by atoms with E-state index < -0.39 is 0 Å². The molecule has 2 nitrogen and oxygen atoms in total. The first-order chi connectivity index (χ1) is 18.9. The summed E-state index contributed by atoms with van der Waals surface area (Å²) >= 11 is 0. The van der Waals surface area contributed by atoms with Crippen molar-refractivity contribution in [1.29, 1.82) is 0 Å². The molecule has 0 N–H and O–H groups in total. The monoisotopic (exact) mass is 484 g/mol. The van der Waals surface area contributed by atoms with E-state index in [2.05, 4.69) is 115 Å². The Hall–Kier alpha value is -5.08. The summed E-state index contributed by atoms with van der Waals surface area (Å²) in [5.74, 6) is 0. The highest BCUT2D eigenvalue weighted by molar-refractivity contribution is 6.40. The predicted molar refractivity (Wildman–Crippen MR) is 159 cm³/mol. The second-order valence-corrected chi connectivity index (χ2v) is 10.0. The molecule has 0 aliphatic heterocycles. The summed E-state index contributed by atoms with van der Waals surface area (Å²) in [5.41, 5.74) is 6.01. The first-order valence-corrected chi connectivity index (χ1v) is 12.9. The van der Waals surface area contributed by atoms with Crippen LogP contribution in [0.15, 0.2) is 130 Å². The summed E-state index contributed by atoms with van der Waals surface area (Å²) in [5, 5.41) is 11.7. The molecule has 0 radical (unpaired) electrons. The van der Waals surface area contributed by atoms with Gasteiger partial charge in [-0.2, -0.15) is 0 Å². The van der Waals surface area contributed by atoms with E-state index in [-0.39, 0.29) is 0 Å². The van der Waals surface area contributed by atoms with Crippen LogP contribution in [0.25, 0.3) is 87.3 Å². The van der Waals surface area contributed by atoms with E-state index in [0.29, 0.717) is 0 Å². The van der Waals surface area contributed by atoms with Gasteiger partial charge in [0.15, 0.2) is 0 Å². The molecular formula is C36H20O2. The number of para-hydroxylation sites is 1. The lowest BCUT2D eigenvalue weighted by Crippen LogP contribution is -1.91. The van der Waals surface area contributed by atoms with Crippen molar-refractivity contribution in [3.05, 3.63) is 121 Å². The first-order valence-electron chi connectivity index (χ1n) is 12.9. The molecule has 9 aromatic rings. The fourth-order valence-corrected chi connectivity index (χ4v) is 6.49. The number of hydrogen-bond donors (Lipinski definition) is 0. The van der Waals surface area contributed by atoms with Gasteiger partial charge in [-0.25, -0.2) is 0 Å². The predicted octanol–water partition coefficient (Wildman–Crippen LogP) is 10.6. The summed E-state index contributed by atoms with van der Waals surface area (Å²) in [4.78, 5) is 0. The fraction of sp³-hybridized carbons (Fsp3) is 0. The molecule has 0 spiro atoms. The van der Waals surface area contributed by atoms with Crippen LogP contribution in [-0.4, -0.2) is 0 Å². The Morgan fingerprint density at radius 1 is 0.342 bits per heavy atom. The van der Waals surface area contributed by atoms with E-state index in [0.717, 1.165) is 49.3 Å². The van der Waals surface area contributed by atoms with Crippen molar-refractivity contribution < 1.29 is 8.83 Å². The zero-order valence-corrected chi connectivity index (χ0v) is 20.4. The van der Waals surface area contributed by atoms with Crippen molar-refractivity contribution in [2.75, 3.05) is 0 Å². The third-order valence-electron chi connectivity index (χ3n) is 8.03. The Labute approximate surface area is 217 Å². The molecule has 0 atom stereocenters. The number of rotatable bonds is 1. The van der Waals surface area contributed by atoms with Gasteiger partial charge in [0.25, 0.3) is 0 Å². The fourth-order valence-electron chi connectivity index (χ4n) is 6.49. The first kappa shape index (κ1) is 20.0. The van der Waals surface area contributed by atoms with Gasteiger partial charge in [0.2, 0.25) is 0 Å². The van der Waals surface area contributed by atoms with Gasteiger partial charge in [0, 0.05) is 37.7 Å². The van der Waals surface area contributed by atoms with E-state index in [1.165, 1.54) is 38.1 Å². The van der Waals surface area contributed by atoms with Crippen LogP contribution >= 0.6 is 0 Å². The minimum absolute atomic E-state index is 0.891. The topological polar surface area (TPSA) is 26.3 Å². The highest BCUT2D eigenvalue weighted by Gasteiger charge is 2.21. The maximum absolute atomic E-state index is 6.81. The second kappa shape index (κ2) is 7.24. The molecule has 176 valence electrons. The average Bonchev–Trinajstić information content (AvgIpc) is 2.98. The molecule has 0 aliphatic carbocycles. The van der Waals surface area contributed by atoms with Gasteiger partial charge in [0.1, 0.15) is 22.3 Å². The van der Waals surface area contributed by atoms with Crippen LogP contribution in [0.2, 0.25) is 0 Å². The smallest absolute Gasteiger partial charge is 0.143 e. The van der Waals surface area contributed by atoms with E-state index >= 15 is 0 Å². The third-order valence-corrected chi connectivity index (χ3v) is 8.03. The summed E-state index contributed by atoms with van der Waals surface area (Å²) in [7, 11) is 0. The van der Waals surface area contributed by atoms with E-state index in [1.54, 1.807) is 0 Å². The molecule has 0 unspecified atom stereocenters. The number of fused-ring (bicyclic) bond motifs is 8. The lowest BCUT2D eigenvalue weighted by molar-refractivity contribution is 0.662. The molecule has 0 bridgehead atoms. The van der Waals surface area contributed by atoms with Gasteiger partial charge >= 0.3 is 0 Å². The lowest BCUT2D eigenvalue weighted by atomic mass is 9.88. The molecule has 38 heavy (non-hydrogen) atoms. The van der Waals surface area contributed by atoms with Gasteiger partial charge in [0.05, 0.1) is 0 Å². The Kier molecular flexibility index (Phi) is 3.82. The lowest BCUT2D eigenvalue weighted by Gasteiger charge is -2.18. The molecule has 0 fully saturated rings. The average molecular weight is 485 g/mol. The largest absolute Gasteiger partial charge is 0.456 e. The quantitative estimate of drug-likeness (QED) is 0.171. The highest BCUT2D eigenvalue weighted by atomic mass is 16.3. The third kappa shape index (κ3) is 2.51. The Balaban J connectivity index is 1.63. The summed E-state index contributed by atoms with van der Waals surface area (Å²) < 4.78 is 13.3. The number of hydrogen-bond acceptors (Lipinski definition) is 2. The maximum Gasteiger partial charge on any atom is 0.143 e. The molecule has 7 aromatic carbocycles. The van der Waals surface area contributed by atoms with E-state index in [9.17, 15) is 0 Å². The van der Waals surface area contributed by atoms with Crippen molar-refractivity contribution in [2.45, 2.75) is 0 Å². The van der Waals surface area contributed by atoms with Crippen LogP contribution in [0, 0.1) is 0 Å². The Morgan fingerprint density at radius 2 is 0.895 bits per heavy atom. The zero-order chi connectivity index (χ0) is 24.8. The van der Waals surface area contributed by atoms with Crippen LogP contribution in [0.4, 0.5) is 0 Å². The highest BCUT2D eigenvalue weighted by Crippen LogP contribution is 2.47. The molecule has 2 aromatic heterocycles. The zero-order valence-electron chi connectivity index (χ0n) is 20.4. The molecule has 0 saturated heterocycles. The van der Waals surface area contributed by atoms with Crippen LogP contribution in [0.5, 0.6) is 0 Å². The standard InChI is InChI=1S/C36H20O2/c1-2-10-21(11-3-1)27-20-28-33-26-16-8-18-30-34(26)32(24-14-6-7-17-29(24)37-30)25-15-9-19-31(35(25)33)38-36(28)23-13-5-4-12-22(23)27/h1-20H. The summed E-state index contributed by atoms with van der Waals surface area (Å²) in [6.07, 6.45) is 0. The van der Waals surface area contributed by atoms with Gasteiger partial charge in [-0.3, -0.25) is 0 Å². The molecular weight excluding hydrogens is 464 g/mol. The minimum atomic E-state index is 0.891. The van der Waals surface area contributed by atoms with Crippen molar-refractivity contribution in [2.24, 2.45) is 0 Å². The van der Waals surface area contributed by atoms with Crippen LogP contribution in [-0.2, 0) is 0 Å².